The molecule has 1 aromatic heterocycles. The first kappa shape index (κ1) is 13.3. The van der Waals surface area contributed by atoms with Gasteiger partial charge in [0.15, 0.2) is 0 Å². The van der Waals surface area contributed by atoms with Crippen LogP contribution in [0.3, 0.4) is 0 Å². The van der Waals surface area contributed by atoms with Gasteiger partial charge in [0.25, 0.3) is 5.91 Å². The van der Waals surface area contributed by atoms with Crippen LogP contribution in [-0.2, 0) is 12.6 Å². The molecule has 1 amide bonds. The number of aryl methyl sites for hydroxylation is 1. The molecule has 5 heteroatoms. The van der Waals surface area contributed by atoms with Crippen LogP contribution in [0.2, 0.25) is 0 Å². The van der Waals surface area contributed by atoms with Crippen molar-refractivity contribution in [3.05, 3.63) is 53.9 Å². The van der Waals surface area contributed by atoms with Crippen LogP contribution in [-0.4, -0.2) is 27.3 Å². The van der Waals surface area contributed by atoms with E-state index in [0.29, 0.717) is 5.69 Å². The number of nitrogens with zero attached hydrogens (tertiary/aromatic N) is 2. The smallest absolute Gasteiger partial charge is 0.269 e. The van der Waals surface area contributed by atoms with Crippen LogP contribution in [0.15, 0.2) is 42.6 Å². The molecular formula is C14H17N3O2. The summed E-state index contributed by atoms with van der Waals surface area (Å²) in [6, 6.07) is 10.9. The zero-order valence-electron chi connectivity index (χ0n) is 11.0. The van der Waals surface area contributed by atoms with E-state index in [-0.39, 0.29) is 12.5 Å². The number of rotatable bonds is 4. The first-order valence-corrected chi connectivity index (χ1v) is 6.05. The van der Waals surface area contributed by atoms with E-state index in [4.69, 9.17) is 0 Å². The fourth-order valence-corrected chi connectivity index (χ4v) is 1.84. The van der Waals surface area contributed by atoms with Gasteiger partial charge >= 0.3 is 0 Å². The number of nitrogens with one attached hydrogen (secondary N) is 1. The van der Waals surface area contributed by atoms with E-state index in [1.807, 2.05) is 30.3 Å². The Kier molecular flexibility index (Phi) is 3.66. The molecule has 0 saturated carbocycles. The summed E-state index contributed by atoms with van der Waals surface area (Å²) in [5, 5.41) is 17.0. The molecule has 5 nitrogen and oxygen atoms in total. The number of amides is 1. The molecule has 19 heavy (non-hydrogen) atoms. The van der Waals surface area contributed by atoms with Crippen LogP contribution < -0.4 is 5.32 Å². The molecule has 0 radical (unpaired) electrons. The number of carbonyl (C=O) groups is 1. The van der Waals surface area contributed by atoms with Crippen molar-refractivity contribution in [2.45, 2.75) is 12.5 Å². The third kappa shape index (κ3) is 3.00. The minimum absolute atomic E-state index is 0.140. The van der Waals surface area contributed by atoms with Gasteiger partial charge < -0.3 is 10.4 Å². The standard InChI is InChI=1S/C14H17N3O2/c1-14(19,11-6-4-3-5-7-11)10-15-13(18)12-8-9-16-17(12)2/h3-9,19H,10H2,1-2H3,(H,15,18). The van der Waals surface area contributed by atoms with E-state index in [9.17, 15) is 9.90 Å². The molecule has 2 rings (SSSR count). The maximum Gasteiger partial charge on any atom is 0.269 e. The van der Waals surface area contributed by atoms with Crippen LogP contribution >= 0.6 is 0 Å². The van der Waals surface area contributed by atoms with Crippen molar-refractivity contribution >= 4 is 5.91 Å². The van der Waals surface area contributed by atoms with Gasteiger partial charge in [0.05, 0.1) is 6.54 Å². The second-order valence-electron chi connectivity index (χ2n) is 4.66. The maximum atomic E-state index is 11.9. The Morgan fingerprint density at radius 2 is 2.05 bits per heavy atom. The van der Waals surface area contributed by atoms with E-state index in [1.54, 1.807) is 26.2 Å². The Morgan fingerprint density at radius 3 is 2.63 bits per heavy atom. The number of hydrogen-bond donors (Lipinski definition) is 2. The van der Waals surface area contributed by atoms with E-state index < -0.39 is 5.60 Å². The summed E-state index contributed by atoms with van der Waals surface area (Å²) in [4.78, 5) is 11.9. The number of benzene rings is 1. The highest BCUT2D eigenvalue weighted by Gasteiger charge is 2.24. The minimum Gasteiger partial charge on any atom is -0.384 e. The van der Waals surface area contributed by atoms with Gasteiger partial charge in [0, 0.05) is 13.2 Å². The molecule has 1 unspecified atom stereocenters. The summed E-state index contributed by atoms with van der Waals surface area (Å²) in [7, 11) is 1.70. The third-order valence-electron chi connectivity index (χ3n) is 3.04. The van der Waals surface area contributed by atoms with Crippen LogP contribution in [0.5, 0.6) is 0 Å². The molecule has 0 spiro atoms. The molecule has 1 heterocycles. The van der Waals surface area contributed by atoms with Crippen LogP contribution in [0.25, 0.3) is 0 Å². The summed E-state index contributed by atoms with van der Waals surface area (Å²) >= 11 is 0. The van der Waals surface area contributed by atoms with Crippen molar-refractivity contribution in [3.63, 3.8) is 0 Å². The highest BCUT2D eigenvalue weighted by Crippen LogP contribution is 2.19. The molecule has 2 N–H and O–H groups in total. The molecule has 1 aromatic carbocycles. The van der Waals surface area contributed by atoms with E-state index in [1.165, 1.54) is 4.68 Å². The lowest BCUT2D eigenvalue weighted by molar-refractivity contribution is 0.0523. The van der Waals surface area contributed by atoms with E-state index >= 15 is 0 Å². The van der Waals surface area contributed by atoms with Crippen molar-refractivity contribution in [3.8, 4) is 0 Å². The maximum absolute atomic E-state index is 11.9. The van der Waals surface area contributed by atoms with E-state index in [0.717, 1.165) is 5.56 Å². The first-order chi connectivity index (χ1) is 9.00. The highest BCUT2D eigenvalue weighted by molar-refractivity contribution is 5.92. The Labute approximate surface area is 111 Å². The van der Waals surface area contributed by atoms with Crippen LogP contribution in [0.1, 0.15) is 23.0 Å². The average Bonchev–Trinajstić information content (AvgIpc) is 2.83. The SMILES string of the molecule is Cn1nccc1C(=O)NCC(C)(O)c1ccccc1. The molecule has 0 aliphatic rings. The minimum atomic E-state index is -1.10. The van der Waals surface area contributed by atoms with Crippen molar-refractivity contribution in [2.24, 2.45) is 7.05 Å². The first-order valence-electron chi connectivity index (χ1n) is 6.05. The monoisotopic (exact) mass is 259 g/mol. The second kappa shape index (κ2) is 5.24. The predicted octanol–water partition coefficient (Wildman–Crippen LogP) is 1.06. The number of aromatic nitrogens is 2. The fourth-order valence-electron chi connectivity index (χ4n) is 1.84. The Hall–Kier alpha value is -2.14. The lowest BCUT2D eigenvalue weighted by Crippen LogP contribution is -2.39. The molecule has 0 saturated heterocycles. The van der Waals surface area contributed by atoms with Gasteiger partial charge in [-0.1, -0.05) is 30.3 Å². The molecular weight excluding hydrogens is 242 g/mol. The van der Waals surface area contributed by atoms with Crippen molar-refractivity contribution < 1.29 is 9.90 Å². The summed E-state index contributed by atoms with van der Waals surface area (Å²) in [6.45, 7) is 1.81. The van der Waals surface area contributed by atoms with Gasteiger partial charge in [0.1, 0.15) is 11.3 Å². The zero-order valence-corrected chi connectivity index (χ0v) is 11.0. The van der Waals surface area contributed by atoms with Gasteiger partial charge in [0.2, 0.25) is 0 Å². The number of aliphatic hydroxyl groups is 1. The molecule has 0 bridgehead atoms. The molecule has 2 aromatic rings. The van der Waals surface area contributed by atoms with Gasteiger partial charge in [-0.15, -0.1) is 0 Å². The number of carbonyl (C=O) groups excluding carboxylic acids is 1. The fraction of sp³-hybridized carbons (Fsp3) is 0.286. The average molecular weight is 259 g/mol. The van der Waals surface area contributed by atoms with Gasteiger partial charge in [-0.3, -0.25) is 9.48 Å². The summed E-state index contributed by atoms with van der Waals surface area (Å²) in [6.07, 6.45) is 1.56. The zero-order chi connectivity index (χ0) is 13.9. The lowest BCUT2D eigenvalue weighted by Gasteiger charge is -2.24. The largest absolute Gasteiger partial charge is 0.384 e. The van der Waals surface area contributed by atoms with Crippen LogP contribution in [0, 0.1) is 0 Å². The van der Waals surface area contributed by atoms with Gasteiger partial charge in [-0.25, -0.2) is 0 Å². The Morgan fingerprint density at radius 1 is 1.37 bits per heavy atom. The Balaban J connectivity index is 2.03. The molecule has 0 fully saturated rings. The molecule has 0 aliphatic heterocycles. The second-order valence-corrected chi connectivity index (χ2v) is 4.66. The molecule has 100 valence electrons. The van der Waals surface area contributed by atoms with Gasteiger partial charge in [-0.05, 0) is 18.6 Å². The predicted molar refractivity (Wildman–Crippen MR) is 71.6 cm³/mol. The Bertz CT molecular complexity index is 561. The molecule has 1 atom stereocenters. The highest BCUT2D eigenvalue weighted by atomic mass is 16.3. The van der Waals surface area contributed by atoms with Crippen molar-refractivity contribution in [1.29, 1.82) is 0 Å². The van der Waals surface area contributed by atoms with E-state index in [2.05, 4.69) is 10.4 Å². The number of hydrogen-bond acceptors (Lipinski definition) is 3. The summed E-state index contributed by atoms with van der Waals surface area (Å²) in [5.74, 6) is -0.254. The quantitative estimate of drug-likeness (QED) is 0.862. The summed E-state index contributed by atoms with van der Waals surface area (Å²) < 4.78 is 1.49. The normalized spacial score (nSPS) is 13.8. The molecule has 0 aliphatic carbocycles. The lowest BCUT2D eigenvalue weighted by atomic mass is 9.96. The third-order valence-corrected chi connectivity index (χ3v) is 3.04. The topological polar surface area (TPSA) is 67.2 Å². The summed E-state index contributed by atoms with van der Waals surface area (Å²) in [5.41, 5.74) is 0.124. The van der Waals surface area contributed by atoms with Crippen molar-refractivity contribution in [1.82, 2.24) is 15.1 Å². The van der Waals surface area contributed by atoms with Crippen molar-refractivity contribution in [2.75, 3.05) is 6.54 Å². The van der Waals surface area contributed by atoms with Gasteiger partial charge in [-0.2, -0.15) is 5.10 Å². The van der Waals surface area contributed by atoms with Crippen LogP contribution in [0.4, 0.5) is 0 Å².